The smallest absolute Gasteiger partial charge is 0.324 e. The van der Waals surface area contributed by atoms with E-state index in [2.05, 4.69) is 54.3 Å². The minimum Gasteiger partial charge on any atom is -0.464 e. The van der Waals surface area contributed by atoms with Gasteiger partial charge in [0.25, 0.3) is 5.91 Å². The Morgan fingerprint density at radius 1 is 1.19 bits per heavy atom. The summed E-state index contributed by atoms with van der Waals surface area (Å²) in [6.07, 6.45) is 0.921. The van der Waals surface area contributed by atoms with Gasteiger partial charge in [-0.25, -0.2) is 14.8 Å². The number of nitrogens with zero attached hydrogens (tertiary/aromatic N) is 4. The number of methoxy groups -OCH3 is 1. The van der Waals surface area contributed by atoms with E-state index in [1.165, 1.54) is 16.3 Å². The Kier molecular flexibility index (Phi) is 12.4. The maximum Gasteiger partial charge on any atom is 0.324 e. The first-order chi connectivity index (χ1) is 27.8. The monoisotopic (exact) mass is 816 g/mol. The second-order valence-electron chi connectivity index (χ2n) is 16.9. The predicted octanol–water partition coefficient (Wildman–Crippen LogP) is 7.37. The molecule has 4 aromatic rings. The van der Waals surface area contributed by atoms with E-state index in [1.54, 1.807) is 20.2 Å². The highest BCUT2D eigenvalue weighted by molar-refractivity contribution is 7.10. The quantitative estimate of drug-likeness (QED) is 0.157. The molecule has 8 atom stereocenters. The van der Waals surface area contributed by atoms with E-state index in [0.29, 0.717) is 43.1 Å². The summed E-state index contributed by atoms with van der Waals surface area (Å²) < 4.78 is 35.4. The zero-order valence-corrected chi connectivity index (χ0v) is 35.7. The van der Waals surface area contributed by atoms with Crippen LogP contribution in [0.4, 0.5) is 4.39 Å². The fourth-order valence-corrected chi connectivity index (χ4v) is 9.39. The van der Waals surface area contributed by atoms with Gasteiger partial charge in [-0.1, -0.05) is 40.7 Å². The number of alkyl halides is 1. The number of thiazole rings is 1. The first kappa shape index (κ1) is 41.9. The third-order valence-electron chi connectivity index (χ3n) is 12.3. The minimum atomic E-state index is -1.29. The highest BCUT2D eigenvalue weighted by Gasteiger charge is 2.50. The van der Waals surface area contributed by atoms with E-state index in [1.807, 2.05) is 38.3 Å². The Labute approximate surface area is 344 Å². The maximum absolute atomic E-state index is 14.9. The second-order valence-corrected chi connectivity index (χ2v) is 17.8. The Hall–Kier alpha value is -4.24. The van der Waals surface area contributed by atoms with E-state index >= 15 is 0 Å². The SMILES string of the molecule is CC[C@@H](F)CO[C@@H]1c2nc(cs2)-c2ccc3c(c2)c(c(-c2cccnc2[C@H](C)OC)n3CC)CC(C)(C)COC(=O)[C@@H]2CCCN(N2)C(=O)[C@H]1NC(=O)C1[C@@H](C)[C@H]1C. The Morgan fingerprint density at radius 3 is 2.67 bits per heavy atom. The molecule has 0 spiro atoms. The summed E-state index contributed by atoms with van der Waals surface area (Å²) in [5, 5.41) is 7.78. The Balaban J connectivity index is 1.40. The van der Waals surface area contributed by atoms with Crippen molar-refractivity contribution in [3.05, 3.63) is 58.2 Å². The molecule has 1 saturated carbocycles. The summed E-state index contributed by atoms with van der Waals surface area (Å²) in [5.74, 6) is -1.17. The maximum atomic E-state index is 14.9. The molecule has 2 N–H and O–H groups in total. The van der Waals surface area contributed by atoms with Gasteiger partial charge in [0.05, 0.1) is 36.4 Å². The molecule has 2 aliphatic heterocycles. The number of amides is 2. The highest BCUT2D eigenvalue weighted by atomic mass is 32.1. The normalized spacial score (nSPS) is 25.8. The topological polar surface area (TPSA) is 137 Å². The zero-order chi connectivity index (χ0) is 41.5. The van der Waals surface area contributed by atoms with Crippen molar-refractivity contribution in [1.29, 1.82) is 0 Å². The molecule has 2 fully saturated rings. The summed E-state index contributed by atoms with van der Waals surface area (Å²) >= 11 is 1.31. The molecule has 3 aromatic heterocycles. The predicted molar refractivity (Wildman–Crippen MR) is 221 cm³/mol. The van der Waals surface area contributed by atoms with Crippen LogP contribution in [0, 0.1) is 23.2 Å². The van der Waals surface area contributed by atoms with Crippen molar-refractivity contribution in [3.8, 4) is 22.5 Å². The fraction of sp³-hybridized carbons (Fsp3) is 0.568. The summed E-state index contributed by atoms with van der Waals surface area (Å²) in [6.45, 7) is 14.9. The summed E-state index contributed by atoms with van der Waals surface area (Å²) in [7, 11) is 1.68. The fourth-order valence-electron chi connectivity index (χ4n) is 8.48. The molecule has 3 aliphatic rings. The van der Waals surface area contributed by atoms with Gasteiger partial charge in [0.15, 0.2) is 0 Å². The van der Waals surface area contributed by atoms with E-state index in [-0.39, 0.29) is 49.4 Å². The number of hydrazine groups is 1. The van der Waals surface area contributed by atoms with Gasteiger partial charge < -0.3 is 24.1 Å². The lowest BCUT2D eigenvalue weighted by Gasteiger charge is -2.37. The third kappa shape index (κ3) is 8.30. The van der Waals surface area contributed by atoms with Crippen molar-refractivity contribution < 1.29 is 33.0 Å². The third-order valence-corrected chi connectivity index (χ3v) is 13.2. The highest BCUT2D eigenvalue weighted by Crippen LogP contribution is 2.46. The molecule has 5 heterocycles. The number of hydrogen-bond acceptors (Lipinski definition) is 10. The molecule has 6 bridgehead atoms. The van der Waals surface area contributed by atoms with E-state index < -0.39 is 41.7 Å². The average molecular weight is 817 g/mol. The first-order valence-corrected chi connectivity index (χ1v) is 21.5. The van der Waals surface area contributed by atoms with Crippen LogP contribution < -0.4 is 10.7 Å². The van der Waals surface area contributed by atoms with Gasteiger partial charge in [-0.05, 0) is 81.2 Å². The van der Waals surface area contributed by atoms with Crippen LogP contribution in [0.3, 0.4) is 0 Å². The number of ether oxygens (including phenoxy) is 3. The number of aromatic nitrogens is 3. The first-order valence-electron chi connectivity index (χ1n) is 20.7. The van der Waals surface area contributed by atoms with E-state index in [0.717, 1.165) is 39.0 Å². The van der Waals surface area contributed by atoms with Crippen LogP contribution in [-0.4, -0.2) is 82.5 Å². The van der Waals surface area contributed by atoms with E-state index in [4.69, 9.17) is 24.2 Å². The molecular formula is C44H57FN6O6S. The van der Waals surface area contributed by atoms with Gasteiger partial charge in [0.1, 0.15) is 29.4 Å². The molecule has 1 unspecified atom stereocenters. The number of halogens is 1. The van der Waals surface area contributed by atoms with Crippen LogP contribution in [0.25, 0.3) is 33.4 Å². The molecule has 58 heavy (non-hydrogen) atoms. The van der Waals surface area contributed by atoms with Crippen molar-refractivity contribution >= 4 is 40.0 Å². The lowest BCUT2D eigenvalue weighted by Crippen LogP contribution is -2.61. The molecule has 312 valence electrons. The minimum absolute atomic E-state index is 0.133. The van der Waals surface area contributed by atoms with Crippen LogP contribution in [0.1, 0.15) is 96.2 Å². The number of hydrogen-bond donors (Lipinski definition) is 2. The van der Waals surface area contributed by atoms with Gasteiger partial charge >= 0.3 is 5.97 Å². The van der Waals surface area contributed by atoms with Crippen LogP contribution in [-0.2, 0) is 41.6 Å². The van der Waals surface area contributed by atoms with Crippen molar-refractivity contribution in [2.75, 3.05) is 26.9 Å². The number of carbonyl (C=O) groups excluding carboxylic acids is 3. The van der Waals surface area contributed by atoms with Gasteiger partial charge in [0, 0.05) is 65.1 Å². The number of carbonyl (C=O) groups is 3. The van der Waals surface area contributed by atoms with Crippen molar-refractivity contribution in [2.24, 2.45) is 23.2 Å². The number of aryl methyl sites for hydroxylation is 1. The van der Waals surface area contributed by atoms with Gasteiger partial charge in [-0.15, -0.1) is 11.3 Å². The molecule has 2 amide bonds. The van der Waals surface area contributed by atoms with Crippen LogP contribution in [0.15, 0.2) is 41.9 Å². The molecule has 1 aromatic carbocycles. The number of esters is 1. The van der Waals surface area contributed by atoms with E-state index in [9.17, 15) is 18.8 Å². The van der Waals surface area contributed by atoms with Gasteiger partial charge in [-0.3, -0.25) is 24.4 Å². The van der Waals surface area contributed by atoms with Gasteiger partial charge in [0.2, 0.25) is 5.91 Å². The van der Waals surface area contributed by atoms with Gasteiger partial charge in [-0.2, -0.15) is 0 Å². The summed E-state index contributed by atoms with van der Waals surface area (Å²) in [4.78, 5) is 52.1. The van der Waals surface area contributed by atoms with Crippen molar-refractivity contribution in [2.45, 2.75) is 111 Å². The molecule has 7 rings (SSSR count). The molecule has 14 heteroatoms. The summed E-state index contributed by atoms with van der Waals surface area (Å²) in [5.41, 5.74) is 9.08. The average Bonchev–Trinajstić information content (AvgIpc) is 3.50. The van der Waals surface area contributed by atoms with Crippen LogP contribution >= 0.6 is 11.3 Å². The molecule has 0 radical (unpaired) electrons. The number of rotatable bonds is 10. The second kappa shape index (κ2) is 17.2. The zero-order valence-electron chi connectivity index (χ0n) is 34.8. The largest absolute Gasteiger partial charge is 0.464 e. The standard InChI is InChI=1S/C44H57FN6O6S/c1-9-28(45)21-56-39-37(48-40(52)35-24(3)25(35)4)42(53)51-18-12-14-32(49-51)43(54)57-23-44(6,7)20-31-30-19-27(33-22-58-41(39)47-33)15-16-34(30)50(10-2)38(31)29-13-11-17-46-36(29)26(5)55-8/h11,13,15-17,19,22,24-26,28,32,35,37,39,49H,9-10,12,14,18,20-21,23H2,1-8H3,(H,48,52)/t24-,25+,26-,28+,32-,35?,37-,39-/m0/s1. The number of benzene rings is 1. The number of pyridine rings is 1. The Morgan fingerprint density at radius 2 is 1.97 bits per heavy atom. The number of nitrogens with one attached hydrogen (secondary N) is 2. The molecule has 12 nitrogen and oxygen atoms in total. The number of fused-ring (bicyclic) bond motifs is 6. The van der Waals surface area contributed by atoms with Crippen molar-refractivity contribution in [1.82, 2.24) is 30.3 Å². The summed E-state index contributed by atoms with van der Waals surface area (Å²) in [6, 6.07) is 8.29. The van der Waals surface area contributed by atoms with Crippen LogP contribution in [0.5, 0.6) is 0 Å². The van der Waals surface area contributed by atoms with Crippen LogP contribution in [0.2, 0.25) is 0 Å². The Bertz CT molecular complexity index is 2140. The van der Waals surface area contributed by atoms with Crippen molar-refractivity contribution in [3.63, 3.8) is 0 Å². The lowest BCUT2D eigenvalue weighted by atomic mass is 9.84. The molecule has 1 saturated heterocycles. The lowest BCUT2D eigenvalue weighted by molar-refractivity contribution is -0.157. The number of cyclic esters (lactones) is 1. The molecular weight excluding hydrogens is 760 g/mol. The molecule has 1 aliphatic carbocycles.